The van der Waals surface area contributed by atoms with Gasteiger partial charge in [0.1, 0.15) is 0 Å². The summed E-state index contributed by atoms with van der Waals surface area (Å²) in [7, 11) is -3.64. The molecular formula is C26H54O6Si2. The van der Waals surface area contributed by atoms with Crippen molar-refractivity contribution in [3.05, 3.63) is 0 Å². The van der Waals surface area contributed by atoms with Crippen molar-refractivity contribution in [2.45, 2.75) is 153 Å². The molecule has 0 unspecified atom stereocenters. The molecule has 2 fully saturated rings. The molecule has 2 aliphatic rings. The third-order valence-electron chi connectivity index (χ3n) is 8.64. The van der Waals surface area contributed by atoms with Crippen LogP contribution in [0.15, 0.2) is 0 Å². The number of aliphatic hydroxyl groups is 2. The van der Waals surface area contributed by atoms with Gasteiger partial charge in [0.25, 0.3) is 0 Å². The third kappa shape index (κ3) is 7.84. The SMILES string of the molecule is CC[Si](CC)(CC)OCC[C@H]1C[C@](C)(O)C[C@@]2(C[C@@H](O[Si](C)(C)C(C)(C)C)C[C@H](CCO)O2)O1. The van der Waals surface area contributed by atoms with Crippen molar-refractivity contribution in [3.8, 4) is 0 Å². The standard InChI is InChI=1S/C26H54O6Si2/c1-10-34(11-2,12-3)29-16-14-22-18-25(7,28)20-26(31-22)19-23(17-21(30-26)13-15-27)32-33(8,9)24(4,5)6/h21-23,27-28H,10-20H2,1-9H3/t21-,22-,23-,25-,26+/m0/s1. The van der Waals surface area contributed by atoms with Gasteiger partial charge in [0.15, 0.2) is 22.4 Å². The Balaban J connectivity index is 2.18. The Kier molecular flexibility index (Phi) is 10.5. The number of aliphatic hydroxyl groups excluding tert-OH is 1. The predicted octanol–water partition coefficient (Wildman–Crippen LogP) is 5.98. The van der Waals surface area contributed by atoms with Crippen LogP contribution in [0.4, 0.5) is 0 Å². The highest BCUT2D eigenvalue weighted by Crippen LogP contribution is 2.47. The van der Waals surface area contributed by atoms with Gasteiger partial charge in [0.05, 0.1) is 23.9 Å². The molecule has 6 nitrogen and oxygen atoms in total. The van der Waals surface area contributed by atoms with E-state index in [9.17, 15) is 10.2 Å². The summed E-state index contributed by atoms with van der Waals surface area (Å²) < 4.78 is 26.5. The van der Waals surface area contributed by atoms with Crippen molar-refractivity contribution in [3.63, 3.8) is 0 Å². The Hall–Kier alpha value is 0.194. The first-order valence-corrected chi connectivity index (χ1v) is 19.1. The van der Waals surface area contributed by atoms with Gasteiger partial charge < -0.3 is 28.5 Å². The van der Waals surface area contributed by atoms with E-state index >= 15 is 0 Å². The first-order chi connectivity index (χ1) is 15.6. The van der Waals surface area contributed by atoms with Gasteiger partial charge in [-0.2, -0.15) is 0 Å². The molecule has 2 aliphatic heterocycles. The van der Waals surface area contributed by atoms with Crippen molar-refractivity contribution in [1.82, 2.24) is 0 Å². The lowest BCUT2D eigenvalue weighted by Gasteiger charge is -2.53. The van der Waals surface area contributed by atoms with E-state index in [-0.39, 0.29) is 30.0 Å². The maximum atomic E-state index is 11.3. The lowest BCUT2D eigenvalue weighted by Crippen LogP contribution is -2.59. The molecule has 2 heterocycles. The quantitative estimate of drug-likeness (QED) is 0.328. The van der Waals surface area contributed by atoms with Gasteiger partial charge in [-0.3, -0.25) is 0 Å². The van der Waals surface area contributed by atoms with E-state index in [4.69, 9.17) is 18.3 Å². The molecule has 0 bridgehead atoms. The van der Waals surface area contributed by atoms with Gasteiger partial charge in [-0.15, -0.1) is 0 Å². The van der Waals surface area contributed by atoms with Crippen LogP contribution in [-0.2, 0) is 18.3 Å². The molecule has 2 rings (SSSR count). The normalized spacial score (nSPS) is 33.4. The fourth-order valence-corrected chi connectivity index (χ4v) is 9.50. The van der Waals surface area contributed by atoms with E-state index in [2.05, 4.69) is 54.6 Å². The summed E-state index contributed by atoms with van der Waals surface area (Å²) >= 11 is 0. The van der Waals surface area contributed by atoms with E-state index < -0.39 is 28.0 Å². The summed E-state index contributed by atoms with van der Waals surface area (Å²) in [5.41, 5.74) is -0.875. The fraction of sp³-hybridized carbons (Fsp3) is 1.00. The second-order valence-corrected chi connectivity index (χ2v) is 22.1. The van der Waals surface area contributed by atoms with E-state index in [1.807, 2.05) is 6.92 Å². The molecule has 2 N–H and O–H groups in total. The van der Waals surface area contributed by atoms with E-state index in [0.29, 0.717) is 32.3 Å². The Morgan fingerprint density at radius 1 is 0.971 bits per heavy atom. The van der Waals surface area contributed by atoms with E-state index in [0.717, 1.165) is 31.0 Å². The van der Waals surface area contributed by atoms with Crippen molar-refractivity contribution in [2.24, 2.45) is 0 Å². The highest BCUT2D eigenvalue weighted by Gasteiger charge is 2.53. The average molecular weight is 519 g/mol. The molecule has 34 heavy (non-hydrogen) atoms. The summed E-state index contributed by atoms with van der Waals surface area (Å²) in [5.74, 6) is -0.883. The molecule has 5 atom stereocenters. The number of hydrogen-bond donors (Lipinski definition) is 2. The van der Waals surface area contributed by atoms with Crippen molar-refractivity contribution in [2.75, 3.05) is 13.2 Å². The monoisotopic (exact) mass is 518 g/mol. The largest absolute Gasteiger partial charge is 0.417 e. The summed E-state index contributed by atoms with van der Waals surface area (Å²) in [6, 6.07) is 3.39. The minimum atomic E-state index is -1.98. The number of hydrogen-bond acceptors (Lipinski definition) is 6. The molecule has 0 aromatic rings. The molecule has 0 radical (unpaired) electrons. The van der Waals surface area contributed by atoms with Crippen LogP contribution in [0.1, 0.15) is 87.0 Å². The van der Waals surface area contributed by atoms with Crippen molar-refractivity contribution in [1.29, 1.82) is 0 Å². The molecule has 0 aromatic heterocycles. The van der Waals surface area contributed by atoms with E-state index in [1.165, 1.54) is 0 Å². The number of ether oxygens (including phenoxy) is 2. The lowest BCUT2D eigenvalue weighted by atomic mass is 9.82. The summed E-state index contributed by atoms with van der Waals surface area (Å²) in [6.45, 7) is 20.7. The second kappa shape index (κ2) is 11.7. The first-order valence-electron chi connectivity index (χ1n) is 13.6. The molecular weight excluding hydrogens is 464 g/mol. The van der Waals surface area contributed by atoms with Crippen LogP contribution >= 0.6 is 0 Å². The van der Waals surface area contributed by atoms with Gasteiger partial charge in [-0.25, -0.2) is 0 Å². The van der Waals surface area contributed by atoms with Crippen LogP contribution in [-0.4, -0.2) is 69.8 Å². The van der Waals surface area contributed by atoms with Crippen molar-refractivity contribution < 1.29 is 28.5 Å². The maximum Gasteiger partial charge on any atom is 0.192 e. The molecule has 202 valence electrons. The lowest BCUT2D eigenvalue weighted by molar-refractivity contribution is -0.350. The van der Waals surface area contributed by atoms with Gasteiger partial charge in [-0.1, -0.05) is 41.5 Å². The molecule has 0 aliphatic carbocycles. The Bertz CT molecular complexity index is 623. The number of rotatable bonds is 11. The minimum Gasteiger partial charge on any atom is -0.417 e. The Labute approximate surface area is 211 Å². The predicted molar refractivity (Wildman–Crippen MR) is 143 cm³/mol. The van der Waals surface area contributed by atoms with Crippen LogP contribution < -0.4 is 0 Å². The van der Waals surface area contributed by atoms with Gasteiger partial charge in [0, 0.05) is 32.5 Å². The molecule has 0 saturated carbocycles. The highest BCUT2D eigenvalue weighted by molar-refractivity contribution is 6.74. The Morgan fingerprint density at radius 3 is 2.09 bits per heavy atom. The summed E-state index contributed by atoms with van der Waals surface area (Å²) in [5, 5.41) is 21.0. The van der Waals surface area contributed by atoms with Gasteiger partial charge >= 0.3 is 0 Å². The zero-order chi connectivity index (χ0) is 25.8. The summed E-state index contributed by atoms with van der Waals surface area (Å²) in [4.78, 5) is 0. The van der Waals surface area contributed by atoms with Crippen LogP contribution in [0.2, 0.25) is 36.3 Å². The van der Waals surface area contributed by atoms with Crippen molar-refractivity contribution >= 4 is 16.6 Å². The van der Waals surface area contributed by atoms with Crippen LogP contribution in [0.3, 0.4) is 0 Å². The van der Waals surface area contributed by atoms with E-state index in [1.54, 1.807) is 0 Å². The zero-order valence-corrected chi connectivity index (χ0v) is 25.5. The van der Waals surface area contributed by atoms with Crippen LogP contribution in [0.25, 0.3) is 0 Å². The molecule has 1 spiro atoms. The molecule has 8 heteroatoms. The maximum absolute atomic E-state index is 11.3. The second-order valence-electron chi connectivity index (χ2n) is 12.6. The third-order valence-corrected chi connectivity index (χ3v) is 17.9. The fourth-order valence-electron chi connectivity index (χ4n) is 5.47. The summed E-state index contributed by atoms with van der Waals surface area (Å²) in [6.07, 6.45) is 3.43. The zero-order valence-electron chi connectivity index (χ0n) is 23.5. The highest BCUT2D eigenvalue weighted by atomic mass is 28.4. The minimum absolute atomic E-state index is 0.00248. The smallest absolute Gasteiger partial charge is 0.192 e. The van der Waals surface area contributed by atoms with Crippen LogP contribution in [0, 0.1) is 0 Å². The Morgan fingerprint density at radius 2 is 1.56 bits per heavy atom. The van der Waals surface area contributed by atoms with Gasteiger partial charge in [0.2, 0.25) is 0 Å². The molecule has 0 amide bonds. The molecule has 2 saturated heterocycles. The average Bonchev–Trinajstić information content (AvgIpc) is 2.69. The molecule has 0 aromatic carbocycles. The van der Waals surface area contributed by atoms with Crippen LogP contribution in [0.5, 0.6) is 0 Å². The first kappa shape index (κ1) is 30.4. The topological polar surface area (TPSA) is 77.4 Å². The van der Waals surface area contributed by atoms with Gasteiger partial charge in [-0.05, 0) is 62.5 Å².